The van der Waals surface area contributed by atoms with E-state index in [0.717, 1.165) is 68.8 Å². The first kappa shape index (κ1) is 34.4. The Morgan fingerprint density at radius 2 is 1.66 bits per heavy atom. The third kappa shape index (κ3) is 10.0. The van der Waals surface area contributed by atoms with Crippen LogP contribution in [0.3, 0.4) is 0 Å². The van der Waals surface area contributed by atoms with Gasteiger partial charge in [-0.15, -0.1) is 0 Å². The molecule has 2 aliphatic rings. The van der Waals surface area contributed by atoms with Crippen molar-refractivity contribution in [2.75, 3.05) is 27.3 Å². The van der Waals surface area contributed by atoms with Crippen LogP contribution in [0.15, 0.2) is 72.8 Å². The predicted octanol–water partition coefficient (Wildman–Crippen LogP) is 8.91. The maximum Gasteiger partial charge on any atom is 0.337 e. The lowest BCUT2D eigenvalue weighted by Gasteiger charge is -2.36. The molecule has 0 amide bonds. The minimum absolute atomic E-state index is 0.161. The number of rotatable bonds is 15. The third-order valence-corrected chi connectivity index (χ3v) is 9.82. The van der Waals surface area contributed by atoms with Crippen LogP contribution in [0.4, 0.5) is 0 Å². The maximum atomic E-state index is 12.2. The normalized spacial score (nSPS) is 16.6. The molecule has 250 valence electrons. The van der Waals surface area contributed by atoms with Crippen LogP contribution in [-0.2, 0) is 33.7 Å². The summed E-state index contributed by atoms with van der Waals surface area (Å²) in [5.74, 6) is 1.19. The van der Waals surface area contributed by atoms with E-state index in [0.29, 0.717) is 18.6 Å². The SMILES string of the molecule is COC(=O)CCCCN(CCc1ccccc1OCc1ccc(C=CC2CCCCC2)cc1)C1CCCc2cc(C(=O)OC)ccc21. The van der Waals surface area contributed by atoms with Crippen molar-refractivity contribution in [1.29, 1.82) is 0 Å². The van der Waals surface area contributed by atoms with Gasteiger partial charge >= 0.3 is 11.9 Å². The van der Waals surface area contributed by atoms with Crippen molar-refractivity contribution < 1.29 is 23.8 Å². The van der Waals surface area contributed by atoms with Crippen molar-refractivity contribution in [2.45, 2.75) is 89.7 Å². The molecule has 1 atom stereocenters. The van der Waals surface area contributed by atoms with Crippen LogP contribution in [0.1, 0.15) is 108 Å². The lowest BCUT2D eigenvalue weighted by Crippen LogP contribution is -2.34. The van der Waals surface area contributed by atoms with E-state index in [4.69, 9.17) is 14.2 Å². The van der Waals surface area contributed by atoms with E-state index < -0.39 is 0 Å². The van der Waals surface area contributed by atoms with Crippen molar-refractivity contribution in [3.05, 3.63) is 106 Å². The second-order valence-corrected chi connectivity index (χ2v) is 13.0. The number of benzene rings is 3. The fourth-order valence-electron chi connectivity index (χ4n) is 7.10. The first-order chi connectivity index (χ1) is 23.0. The highest BCUT2D eigenvalue weighted by molar-refractivity contribution is 5.89. The monoisotopic (exact) mass is 637 g/mol. The van der Waals surface area contributed by atoms with Gasteiger partial charge in [0.2, 0.25) is 0 Å². The van der Waals surface area contributed by atoms with E-state index in [1.54, 1.807) is 0 Å². The number of esters is 2. The van der Waals surface area contributed by atoms with Gasteiger partial charge in [-0.1, -0.05) is 79.9 Å². The van der Waals surface area contributed by atoms with Gasteiger partial charge in [0.15, 0.2) is 0 Å². The van der Waals surface area contributed by atoms with E-state index in [9.17, 15) is 9.59 Å². The number of methoxy groups -OCH3 is 2. The number of fused-ring (bicyclic) bond motifs is 1. The molecular formula is C41H51NO5. The van der Waals surface area contributed by atoms with Crippen molar-refractivity contribution >= 4 is 18.0 Å². The summed E-state index contributed by atoms with van der Waals surface area (Å²) in [6, 6.07) is 23.4. The summed E-state index contributed by atoms with van der Waals surface area (Å²) >= 11 is 0. The van der Waals surface area contributed by atoms with Gasteiger partial charge in [0.05, 0.1) is 19.8 Å². The zero-order chi connectivity index (χ0) is 32.8. The molecule has 47 heavy (non-hydrogen) atoms. The summed E-state index contributed by atoms with van der Waals surface area (Å²) < 4.78 is 16.2. The van der Waals surface area contributed by atoms with E-state index in [1.807, 2.05) is 18.2 Å². The van der Waals surface area contributed by atoms with Crippen LogP contribution in [-0.4, -0.2) is 44.1 Å². The van der Waals surface area contributed by atoms with E-state index in [-0.39, 0.29) is 18.0 Å². The van der Waals surface area contributed by atoms with Crippen molar-refractivity contribution in [1.82, 2.24) is 4.90 Å². The molecule has 5 rings (SSSR count). The Morgan fingerprint density at radius 3 is 2.45 bits per heavy atom. The second kappa shape index (κ2) is 17.9. The minimum Gasteiger partial charge on any atom is -0.489 e. The molecule has 0 aromatic heterocycles. The number of carbonyl (C=O) groups is 2. The largest absolute Gasteiger partial charge is 0.489 e. The van der Waals surface area contributed by atoms with Gasteiger partial charge in [0.25, 0.3) is 0 Å². The number of unbranched alkanes of at least 4 members (excludes halogenated alkanes) is 1. The standard InChI is InChI=1S/C41H51NO5/c1-45-40(43)17-8-9-27-42(38-15-10-14-35-29-36(41(44)46-2)24-25-37(35)38)28-26-34-13-6-7-16-39(34)47-30-33-22-20-32(21-23-33)19-18-31-11-4-3-5-12-31/h6-7,13,16,18-25,29,31,38H,3-5,8-12,14-15,17,26-28,30H2,1-2H3. The summed E-state index contributed by atoms with van der Waals surface area (Å²) in [6.45, 7) is 2.27. The highest BCUT2D eigenvalue weighted by atomic mass is 16.5. The smallest absolute Gasteiger partial charge is 0.337 e. The molecule has 6 nitrogen and oxygen atoms in total. The zero-order valence-corrected chi connectivity index (χ0v) is 28.3. The number of ether oxygens (including phenoxy) is 3. The highest BCUT2D eigenvalue weighted by Crippen LogP contribution is 2.36. The number of para-hydroxylation sites is 1. The van der Waals surface area contributed by atoms with E-state index >= 15 is 0 Å². The van der Waals surface area contributed by atoms with Gasteiger partial charge in [-0.3, -0.25) is 9.69 Å². The Kier molecular flexibility index (Phi) is 13.1. The zero-order valence-electron chi connectivity index (χ0n) is 28.3. The van der Waals surface area contributed by atoms with Crippen LogP contribution < -0.4 is 4.74 Å². The summed E-state index contributed by atoms with van der Waals surface area (Å²) in [7, 11) is 2.87. The van der Waals surface area contributed by atoms with E-state index in [1.165, 1.54) is 68.6 Å². The maximum absolute atomic E-state index is 12.2. The quantitative estimate of drug-likeness (QED) is 0.123. The van der Waals surface area contributed by atoms with Crippen LogP contribution in [0.2, 0.25) is 0 Å². The Balaban J connectivity index is 1.23. The summed E-state index contributed by atoms with van der Waals surface area (Å²) in [6.07, 6.45) is 17.5. The van der Waals surface area contributed by atoms with Gasteiger partial charge in [0, 0.05) is 19.0 Å². The number of allylic oxidation sites excluding steroid dienone is 1. The Bertz CT molecular complexity index is 1470. The Hall–Kier alpha value is -3.90. The molecule has 6 heteroatoms. The molecule has 0 N–H and O–H groups in total. The average Bonchev–Trinajstić information content (AvgIpc) is 3.13. The van der Waals surface area contributed by atoms with Gasteiger partial charge in [-0.05, 0) is 110 Å². The minimum atomic E-state index is -0.298. The van der Waals surface area contributed by atoms with Crippen LogP contribution in [0, 0.1) is 5.92 Å². The van der Waals surface area contributed by atoms with E-state index in [2.05, 4.69) is 65.6 Å². The second-order valence-electron chi connectivity index (χ2n) is 13.0. The summed E-state index contributed by atoms with van der Waals surface area (Å²) in [5, 5.41) is 0. The Morgan fingerprint density at radius 1 is 0.851 bits per heavy atom. The highest BCUT2D eigenvalue weighted by Gasteiger charge is 2.27. The molecule has 1 fully saturated rings. The molecular weight excluding hydrogens is 586 g/mol. The molecule has 0 bridgehead atoms. The number of carbonyl (C=O) groups excluding carboxylic acids is 2. The molecule has 3 aromatic rings. The molecule has 0 aliphatic heterocycles. The first-order valence-corrected chi connectivity index (χ1v) is 17.5. The summed E-state index contributed by atoms with van der Waals surface area (Å²) in [4.78, 5) is 26.5. The molecule has 3 aromatic carbocycles. The number of hydrogen-bond acceptors (Lipinski definition) is 6. The van der Waals surface area contributed by atoms with Crippen molar-refractivity contribution in [3.8, 4) is 5.75 Å². The van der Waals surface area contributed by atoms with Gasteiger partial charge in [-0.2, -0.15) is 0 Å². The topological polar surface area (TPSA) is 65.1 Å². The predicted molar refractivity (Wildman–Crippen MR) is 187 cm³/mol. The molecule has 1 saturated carbocycles. The molecule has 0 spiro atoms. The lowest BCUT2D eigenvalue weighted by molar-refractivity contribution is -0.140. The molecule has 0 heterocycles. The number of hydrogen-bond donors (Lipinski definition) is 0. The number of nitrogens with zero attached hydrogens (tertiary/aromatic N) is 1. The third-order valence-electron chi connectivity index (χ3n) is 9.82. The van der Waals surface area contributed by atoms with Crippen molar-refractivity contribution in [2.24, 2.45) is 5.92 Å². The van der Waals surface area contributed by atoms with Crippen molar-refractivity contribution in [3.63, 3.8) is 0 Å². The lowest BCUT2D eigenvalue weighted by atomic mass is 9.85. The van der Waals surface area contributed by atoms with Crippen LogP contribution >= 0.6 is 0 Å². The summed E-state index contributed by atoms with van der Waals surface area (Å²) in [5.41, 5.74) is 6.72. The Labute approximate surface area is 281 Å². The van der Waals surface area contributed by atoms with Gasteiger partial charge in [-0.25, -0.2) is 4.79 Å². The average molecular weight is 638 g/mol. The van der Waals surface area contributed by atoms with Crippen LogP contribution in [0.25, 0.3) is 6.08 Å². The van der Waals surface area contributed by atoms with Crippen LogP contribution in [0.5, 0.6) is 5.75 Å². The van der Waals surface area contributed by atoms with Gasteiger partial charge in [0.1, 0.15) is 12.4 Å². The molecule has 1 unspecified atom stereocenters. The molecule has 2 aliphatic carbocycles. The molecule has 0 saturated heterocycles. The number of aryl methyl sites for hydroxylation is 1. The molecule has 0 radical (unpaired) electrons. The first-order valence-electron chi connectivity index (χ1n) is 17.5. The fourth-order valence-corrected chi connectivity index (χ4v) is 7.10. The van der Waals surface area contributed by atoms with Gasteiger partial charge < -0.3 is 14.2 Å². The fraction of sp³-hybridized carbons (Fsp3) is 0.463.